The molecule has 0 aromatic heterocycles. The van der Waals surface area contributed by atoms with Crippen molar-refractivity contribution in [3.8, 4) is 0 Å². The predicted octanol–water partition coefficient (Wildman–Crippen LogP) is 4.35. The zero-order valence-corrected chi connectivity index (χ0v) is 16.6. The Kier molecular flexibility index (Phi) is 9.44. The van der Waals surface area contributed by atoms with Crippen LogP contribution in [0.3, 0.4) is 0 Å². The minimum absolute atomic E-state index is 0. The fraction of sp³-hybridized carbons (Fsp3) is 0.500. The summed E-state index contributed by atoms with van der Waals surface area (Å²) >= 11 is 0. The smallest absolute Gasteiger partial charge is 0.327 e. The minimum Gasteiger partial charge on any atom is -0.327 e. The molecular weight excluding hydrogens is 379 g/mol. The van der Waals surface area contributed by atoms with E-state index in [9.17, 15) is 0 Å². The van der Waals surface area contributed by atoms with Crippen molar-refractivity contribution in [2.45, 2.75) is 39.3 Å². The maximum absolute atomic E-state index is 2.65. The summed E-state index contributed by atoms with van der Waals surface area (Å²) in [6.07, 6.45) is 0. The molecule has 0 saturated heterocycles. The standard InChI is InChI=1S/C7H19Si2.C5H5.Hf/c1-8(2,3)7-9(4,5)6;1-2-4-5-3-1;/h7H,1-6H3;1-5H;/q2*-1;+4. The molecule has 0 heterocycles. The molecule has 0 aliphatic rings. The topological polar surface area (TPSA) is 0 Å². The van der Waals surface area contributed by atoms with E-state index in [-0.39, 0.29) is 25.8 Å². The van der Waals surface area contributed by atoms with Gasteiger partial charge >= 0.3 is 25.8 Å². The van der Waals surface area contributed by atoms with Crippen LogP contribution >= 0.6 is 0 Å². The molecule has 1 aromatic carbocycles. The molecule has 3 heteroatoms. The maximum atomic E-state index is 2.65. The second kappa shape index (κ2) is 7.85. The van der Waals surface area contributed by atoms with Crippen molar-refractivity contribution in [1.29, 1.82) is 0 Å². The fourth-order valence-electron chi connectivity index (χ4n) is 1.62. The van der Waals surface area contributed by atoms with E-state index in [1.807, 2.05) is 30.3 Å². The Bertz CT molecular complexity index is 188. The average molecular weight is 403 g/mol. The molecule has 0 radical (unpaired) electrons. The van der Waals surface area contributed by atoms with Gasteiger partial charge in [-0.1, -0.05) is 39.3 Å². The summed E-state index contributed by atoms with van der Waals surface area (Å²) in [5.74, 6) is 0. The van der Waals surface area contributed by atoms with Crippen LogP contribution in [-0.2, 0) is 25.8 Å². The monoisotopic (exact) mass is 404 g/mol. The second-order valence-electron chi connectivity index (χ2n) is 5.84. The average Bonchev–Trinajstić information content (AvgIpc) is 2.29. The first-order valence-electron chi connectivity index (χ1n) is 5.24. The first-order chi connectivity index (χ1) is 6.21. The van der Waals surface area contributed by atoms with E-state index >= 15 is 0 Å². The Labute approximate surface area is 117 Å². The molecule has 1 aromatic rings. The Balaban J connectivity index is 0. The molecular formula is C12H24HfSi2+2. The molecule has 0 saturated carbocycles. The third kappa shape index (κ3) is 17.3. The zero-order valence-electron chi connectivity index (χ0n) is 11.0. The quantitative estimate of drug-likeness (QED) is 0.509. The van der Waals surface area contributed by atoms with Crippen LogP contribution in [-0.4, -0.2) is 16.1 Å². The van der Waals surface area contributed by atoms with Crippen molar-refractivity contribution < 1.29 is 25.8 Å². The molecule has 1 rings (SSSR count). The molecule has 82 valence electrons. The van der Waals surface area contributed by atoms with Gasteiger partial charge in [-0.2, -0.15) is 18.2 Å². The van der Waals surface area contributed by atoms with Gasteiger partial charge in [-0.05, 0) is 0 Å². The molecule has 0 aliphatic carbocycles. The van der Waals surface area contributed by atoms with Crippen molar-refractivity contribution in [2.24, 2.45) is 0 Å². The number of hydrogen-bond acceptors (Lipinski definition) is 0. The molecule has 0 nitrogen and oxygen atoms in total. The molecule has 0 bridgehead atoms. The van der Waals surface area contributed by atoms with Crippen molar-refractivity contribution in [1.82, 2.24) is 0 Å². The minimum atomic E-state index is -0.856. The van der Waals surface area contributed by atoms with E-state index in [2.05, 4.69) is 44.9 Å². The summed E-state index contributed by atoms with van der Waals surface area (Å²) < 4.78 is 0. The third-order valence-corrected chi connectivity index (χ3v) is 8.35. The summed E-state index contributed by atoms with van der Waals surface area (Å²) in [7, 11) is -1.71. The largest absolute Gasteiger partial charge is 4.00 e. The van der Waals surface area contributed by atoms with Gasteiger partial charge in [-0.15, -0.1) is 16.1 Å². The zero-order chi connectivity index (χ0) is 11.2. The van der Waals surface area contributed by atoms with Gasteiger partial charge in [-0.3, -0.25) is 0 Å². The second-order valence-corrected chi connectivity index (χ2v) is 16.5. The van der Waals surface area contributed by atoms with Crippen LogP contribution in [0.4, 0.5) is 0 Å². The van der Waals surface area contributed by atoms with E-state index in [0.717, 1.165) is 0 Å². The van der Waals surface area contributed by atoms with Crippen LogP contribution in [0.2, 0.25) is 39.3 Å². The van der Waals surface area contributed by atoms with Gasteiger partial charge in [0.2, 0.25) is 0 Å². The van der Waals surface area contributed by atoms with E-state index in [4.69, 9.17) is 0 Å². The van der Waals surface area contributed by atoms with Crippen LogP contribution in [0.5, 0.6) is 0 Å². The number of hydrogen-bond donors (Lipinski definition) is 0. The number of rotatable bonds is 2. The molecule has 0 aliphatic heterocycles. The first-order valence-corrected chi connectivity index (χ1v) is 12.4. The van der Waals surface area contributed by atoms with E-state index in [0.29, 0.717) is 0 Å². The van der Waals surface area contributed by atoms with E-state index < -0.39 is 16.1 Å². The molecule has 15 heavy (non-hydrogen) atoms. The fourth-order valence-corrected chi connectivity index (χ4v) is 12.0. The van der Waals surface area contributed by atoms with Crippen molar-refractivity contribution >= 4 is 16.1 Å². The predicted molar refractivity (Wildman–Crippen MR) is 73.0 cm³/mol. The summed E-state index contributed by atoms with van der Waals surface area (Å²) in [6.45, 7) is 14.4. The van der Waals surface area contributed by atoms with Crippen molar-refractivity contribution in [3.05, 3.63) is 36.0 Å². The van der Waals surface area contributed by atoms with Crippen LogP contribution in [0.25, 0.3) is 0 Å². The van der Waals surface area contributed by atoms with Gasteiger partial charge in [-0.25, -0.2) is 12.1 Å². The van der Waals surface area contributed by atoms with Crippen LogP contribution in [0.15, 0.2) is 30.3 Å². The molecule has 0 atom stereocenters. The Morgan fingerprint density at radius 2 is 1.13 bits per heavy atom. The van der Waals surface area contributed by atoms with Gasteiger partial charge in [0, 0.05) is 0 Å². The van der Waals surface area contributed by atoms with Crippen molar-refractivity contribution in [2.75, 3.05) is 0 Å². The van der Waals surface area contributed by atoms with Crippen LogP contribution in [0, 0.1) is 5.67 Å². The van der Waals surface area contributed by atoms with Crippen LogP contribution < -0.4 is 0 Å². The summed E-state index contributed by atoms with van der Waals surface area (Å²) in [5.41, 5.74) is 2.65. The molecule has 0 spiro atoms. The summed E-state index contributed by atoms with van der Waals surface area (Å²) in [6, 6.07) is 10.0. The molecule has 0 fully saturated rings. The van der Waals surface area contributed by atoms with Crippen molar-refractivity contribution in [3.63, 3.8) is 0 Å². The van der Waals surface area contributed by atoms with Gasteiger partial charge in [0.25, 0.3) is 0 Å². The Hall–Kier alpha value is 0.654. The molecule has 0 unspecified atom stereocenters. The molecule has 0 amide bonds. The Morgan fingerprint density at radius 1 is 0.800 bits per heavy atom. The van der Waals surface area contributed by atoms with Crippen LogP contribution in [0.1, 0.15) is 0 Å². The SMILES string of the molecule is C[Si](C)(C)[CH-][Si](C)(C)C.[Hf+4].c1cc[cH-]c1. The van der Waals surface area contributed by atoms with Gasteiger partial charge in [0.15, 0.2) is 0 Å². The maximum Gasteiger partial charge on any atom is 4.00 e. The first kappa shape index (κ1) is 18.0. The van der Waals surface area contributed by atoms with E-state index in [1.54, 1.807) is 0 Å². The Morgan fingerprint density at radius 3 is 1.20 bits per heavy atom. The normalized spacial score (nSPS) is 11.1. The van der Waals surface area contributed by atoms with Gasteiger partial charge < -0.3 is 5.67 Å². The summed E-state index contributed by atoms with van der Waals surface area (Å²) in [5, 5.41) is 0. The molecule has 0 N–H and O–H groups in total. The van der Waals surface area contributed by atoms with Gasteiger partial charge in [0.1, 0.15) is 0 Å². The van der Waals surface area contributed by atoms with Gasteiger partial charge in [0.05, 0.1) is 0 Å². The summed E-state index contributed by atoms with van der Waals surface area (Å²) in [4.78, 5) is 0. The van der Waals surface area contributed by atoms with E-state index in [1.165, 1.54) is 0 Å². The third-order valence-electron chi connectivity index (χ3n) is 1.42.